The van der Waals surface area contributed by atoms with Crippen LogP contribution in [0.4, 0.5) is 0 Å². The van der Waals surface area contributed by atoms with Crippen molar-refractivity contribution < 1.29 is 27.4 Å². The number of hydrogen-bond donors (Lipinski definition) is 0. The second-order valence-electron chi connectivity index (χ2n) is 13.4. The topological polar surface area (TPSA) is 9.86 Å². The third kappa shape index (κ3) is 5.10. The second kappa shape index (κ2) is 13.5. The summed E-state index contributed by atoms with van der Waals surface area (Å²) in [6.07, 6.45) is 0. The summed E-state index contributed by atoms with van der Waals surface area (Å²) < 4.78 is 186. The van der Waals surface area contributed by atoms with Gasteiger partial charge in [0.2, 0.25) is 0 Å². The lowest BCUT2D eigenvalue weighted by Gasteiger charge is -2.34. The standard InChI is InChI=1S/C54H38N2Si/c1-6-22-40(23-7-1)55-50-35-18-16-33-46(50)49-38-48(53-52(54(49)55)47-34-17-19-36-51(47)56(53)41-24-8-2-9-25-41)39-21-20-32-45(37-39)57(42-26-10-3-11-27-42,43-28-12-4-13-29-43)44-30-14-5-15-31-44/h1-38H/i1D,3D,4D,5D,6D,7D,10D,11D,12D,13D,14D,15D,22D,23D,26D,27D,28D,29D,30D,31D. The molecular weight excluding hydrogens is 705 g/mol. The number of benzene rings is 9. The maximum Gasteiger partial charge on any atom is 0.179 e. The zero-order valence-corrected chi connectivity index (χ0v) is 30.8. The van der Waals surface area contributed by atoms with Crippen molar-refractivity contribution in [3.8, 4) is 22.5 Å². The van der Waals surface area contributed by atoms with Gasteiger partial charge in [-0.05, 0) is 68.7 Å². The Balaban J connectivity index is 1.42. The highest BCUT2D eigenvalue weighted by Gasteiger charge is 2.41. The average molecular weight is 763 g/mol. The van der Waals surface area contributed by atoms with Crippen LogP contribution in [0.3, 0.4) is 0 Å². The molecule has 11 rings (SSSR count). The van der Waals surface area contributed by atoms with Crippen LogP contribution in [0.5, 0.6) is 0 Å². The number of para-hydroxylation sites is 4. The summed E-state index contributed by atoms with van der Waals surface area (Å²) >= 11 is 0. The van der Waals surface area contributed by atoms with Gasteiger partial charge in [0.15, 0.2) is 8.07 Å². The molecule has 0 spiro atoms. The van der Waals surface area contributed by atoms with Crippen molar-refractivity contribution >= 4 is 72.4 Å². The molecule has 0 saturated heterocycles. The Hall–Kier alpha value is -7.20. The number of fused-ring (bicyclic) bond motifs is 7. The van der Waals surface area contributed by atoms with Gasteiger partial charge in [-0.2, -0.15) is 0 Å². The van der Waals surface area contributed by atoms with E-state index < -0.39 is 144 Å². The molecule has 0 saturated carbocycles. The average Bonchev–Trinajstić information content (AvgIpc) is 4.16. The van der Waals surface area contributed by atoms with Gasteiger partial charge in [-0.15, -0.1) is 0 Å². The SMILES string of the molecule is [2H]c1c([2H])c([2H])c(-n2c3ccccc3c3cc(-c4cccc([Si](c5c([2H])c([2H])c([2H])c([2H])c5[2H])(c5c([2H])c([2H])c([2H])c([2H])c5[2H])c5c([2H])c([2H])c([2H])c([2H])c5[2H])c4)c4c(c5ccccc5n4-c4ccccc4)c32)c([2H])c1[2H]. The molecule has 0 unspecified atom stereocenters. The lowest BCUT2D eigenvalue weighted by molar-refractivity contribution is 1.17. The van der Waals surface area contributed by atoms with Gasteiger partial charge >= 0.3 is 0 Å². The Bertz CT molecular complexity index is 4130. The van der Waals surface area contributed by atoms with E-state index in [-0.39, 0.29) is 10.9 Å². The maximum absolute atomic E-state index is 9.63. The zero-order valence-electron chi connectivity index (χ0n) is 49.8. The fourth-order valence-electron chi connectivity index (χ4n) is 8.30. The highest BCUT2D eigenvalue weighted by atomic mass is 28.3. The normalized spacial score (nSPS) is 16.8. The number of hydrogen-bond acceptors (Lipinski definition) is 0. The van der Waals surface area contributed by atoms with Gasteiger partial charge in [0.1, 0.15) is 0 Å². The minimum atomic E-state index is -5.53. The fraction of sp³-hybridized carbons (Fsp3) is 0. The van der Waals surface area contributed by atoms with Crippen molar-refractivity contribution in [3.05, 3.63) is 230 Å². The zero-order chi connectivity index (χ0) is 55.2. The van der Waals surface area contributed by atoms with E-state index in [9.17, 15) is 11.0 Å². The second-order valence-corrected chi connectivity index (χ2v) is 17.0. The summed E-state index contributed by atoms with van der Waals surface area (Å²) in [4.78, 5) is 0. The van der Waals surface area contributed by atoms with E-state index in [1.807, 2.05) is 71.3 Å². The number of rotatable bonds is 7. The summed E-state index contributed by atoms with van der Waals surface area (Å²) in [7, 11) is -5.53. The van der Waals surface area contributed by atoms with Crippen LogP contribution in [0, 0.1) is 0 Å². The molecular formula is C54H38N2Si. The third-order valence-corrected chi connectivity index (χ3v) is 14.7. The summed E-state index contributed by atoms with van der Waals surface area (Å²) in [5.74, 6) is 0. The van der Waals surface area contributed by atoms with Crippen LogP contribution >= 0.6 is 0 Å². The number of aromatic nitrogens is 2. The van der Waals surface area contributed by atoms with Crippen molar-refractivity contribution in [3.63, 3.8) is 0 Å². The van der Waals surface area contributed by atoms with Crippen molar-refractivity contribution in [2.24, 2.45) is 0 Å². The molecule has 2 heterocycles. The molecule has 268 valence electrons. The van der Waals surface area contributed by atoms with Crippen LogP contribution in [0.2, 0.25) is 0 Å². The van der Waals surface area contributed by atoms with Crippen LogP contribution in [0.1, 0.15) is 27.4 Å². The van der Waals surface area contributed by atoms with E-state index in [0.29, 0.717) is 60.4 Å². The fourth-order valence-corrected chi connectivity index (χ4v) is 12.1. The van der Waals surface area contributed by atoms with Gasteiger partial charge < -0.3 is 9.13 Å². The van der Waals surface area contributed by atoms with Crippen molar-refractivity contribution in [1.82, 2.24) is 9.13 Å². The van der Waals surface area contributed by atoms with Crippen molar-refractivity contribution in [2.45, 2.75) is 0 Å². The van der Waals surface area contributed by atoms with Crippen LogP contribution in [-0.2, 0) is 0 Å². The molecule has 3 heteroatoms. The van der Waals surface area contributed by atoms with E-state index in [1.54, 1.807) is 41.0 Å². The van der Waals surface area contributed by atoms with Gasteiger partial charge in [0, 0.05) is 38.5 Å². The van der Waals surface area contributed by atoms with Crippen LogP contribution < -0.4 is 20.7 Å². The monoisotopic (exact) mass is 762 g/mol. The maximum atomic E-state index is 9.63. The highest BCUT2D eigenvalue weighted by Crippen LogP contribution is 2.46. The van der Waals surface area contributed by atoms with E-state index in [0.717, 1.165) is 0 Å². The van der Waals surface area contributed by atoms with Gasteiger partial charge in [0.05, 0.1) is 49.5 Å². The van der Waals surface area contributed by atoms with Gasteiger partial charge in [-0.25, -0.2) is 0 Å². The van der Waals surface area contributed by atoms with E-state index in [1.165, 1.54) is 6.07 Å². The van der Waals surface area contributed by atoms with Crippen LogP contribution in [0.25, 0.3) is 66.1 Å². The molecule has 0 aliphatic rings. The van der Waals surface area contributed by atoms with E-state index >= 15 is 0 Å². The first-order valence-corrected chi connectivity index (χ1v) is 20.1. The van der Waals surface area contributed by atoms with Gasteiger partial charge in [-0.3, -0.25) is 0 Å². The number of nitrogens with zero attached hydrogens (tertiary/aromatic N) is 2. The molecule has 0 fully saturated rings. The Morgan fingerprint density at radius 3 is 1.49 bits per heavy atom. The summed E-state index contributed by atoms with van der Waals surface area (Å²) in [5.41, 5.74) is 3.45. The molecule has 0 aliphatic heterocycles. The first kappa shape index (κ1) is 18.6. The minimum absolute atomic E-state index is 0.0808. The minimum Gasteiger partial charge on any atom is -0.309 e. The Morgan fingerprint density at radius 2 is 0.877 bits per heavy atom. The first-order valence-electron chi connectivity index (χ1n) is 28.1. The molecule has 2 nitrogen and oxygen atoms in total. The largest absolute Gasteiger partial charge is 0.309 e. The molecule has 57 heavy (non-hydrogen) atoms. The molecule has 0 N–H and O–H groups in total. The predicted molar refractivity (Wildman–Crippen MR) is 244 cm³/mol. The molecule has 0 atom stereocenters. The molecule has 2 aromatic heterocycles. The van der Waals surface area contributed by atoms with E-state index in [4.69, 9.17) is 16.4 Å². The molecule has 0 amide bonds. The quantitative estimate of drug-likeness (QED) is 0.113. The lowest BCUT2D eigenvalue weighted by Crippen LogP contribution is -2.74. The molecule has 9 aromatic carbocycles. The third-order valence-electron chi connectivity index (χ3n) is 10.5. The van der Waals surface area contributed by atoms with Crippen LogP contribution in [0.15, 0.2) is 230 Å². The molecule has 0 radical (unpaired) electrons. The lowest BCUT2D eigenvalue weighted by atomic mass is 9.98. The molecule has 0 bridgehead atoms. The molecule has 11 aromatic rings. The van der Waals surface area contributed by atoms with Gasteiger partial charge in [-0.1, -0.05) is 188 Å². The van der Waals surface area contributed by atoms with E-state index in [2.05, 4.69) is 0 Å². The van der Waals surface area contributed by atoms with Crippen molar-refractivity contribution in [1.29, 1.82) is 0 Å². The summed E-state index contributed by atoms with van der Waals surface area (Å²) in [5, 5.41) is 0.411. The Morgan fingerprint density at radius 1 is 0.368 bits per heavy atom. The first-order chi connectivity index (χ1) is 36.6. The summed E-state index contributed by atoms with van der Waals surface area (Å²) in [6.45, 7) is 0. The Kier molecular flexibility index (Phi) is 4.42. The summed E-state index contributed by atoms with van der Waals surface area (Å²) in [6, 6.07) is 16.3. The predicted octanol–water partition coefficient (Wildman–Crippen LogP) is 10.9. The van der Waals surface area contributed by atoms with Gasteiger partial charge in [0.25, 0.3) is 0 Å². The van der Waals surface area contributed by atoms with Crippen molar-refractivity contribution in [2.75, 3.05) is 0 Å². The Labute approximate surface area is 361 Å². The molecule has 0 aliphatic carbocycles. The smallest absolute Gasteiger partial charge is 0.179 e. The highest BCUT2D eigenvalue weighted by molar-refractivity contribution is 7.19. The van der Waals surface area contributed by atoms with Crippen LogP contribution in [-0.4, -0.2) is 17.2 Å².